The number of hydrogen-bond donors (Lipinski definition) is 1. The van der Waals surface area contributed by atoms with Crippen LogP contribution in [-0.2, 0) is 4.79 Å². The number of hydrogen-bond acceptors (Lipinski definition) is 2. The van der Waals surface area contributed by atoms with Gasteiger partial charge in [0, 0.05) is 12.3 Å². The predicted octanol–water partition coefficient (Wildman–Crippen LogP) is 4.04. The number of aryl methyl sites for hydroxylation is 1. The molecule has 6 heteroatoms. The molecule has 94 valence electrons. The summed E-state index contributed by atoms with van der Waals surface area (Å²) in [6.07, 6.45) is 2.00. The van der Waals surface area contributed by atoms with Crippen LogP contribution in [-0.4, -0.2) is 16.8 Å². The number of pyridine rings is 1. The number of amides is 1. The molecule has 0 aliphatic carbocycles. The lowest BCUT2D eigenvalue weighted by Crippen LogP contribution is -2.13. The molecule has 0 spiro atoms. The van der Waals surface area contributed by atoms with Gasteiger partial charge in [0.2, 0.25) is 5.91 Å². The van der Waals surface area contributed by atoms with Crippen molar-refractivity contribution in [2.75, 3.05) is 11.2 Å². The van der Waals surface area contributed by atoms with Gasteiger partial charge >= 0.3 is 0 Å². The number of alkyl halides is 1. The van der Waals surface area contributed by atoms with E-state index in [1.807, 2.05) is 6.92 Å². The fourth-order valence-corrected chi connectivity index (χ4v) is 2.10. The van der Waals surface area contributed by atoms with Crippen molar-refractivity contribution in [1.29, 1.82) is 0 Å². The van der Waals surface area contributed by atoms with Crippen LogP contribution in [0.15, 0.2) is 6.07 Å². The average Bonchev–Trinajstić information content (AvgIpc) is 2.24. The molecule has 0 radical (unpaired) electrons. The molecule has 0 atom stereocenters. The highest BCUT2D eigenvalue weighted by Crippen LogP contribution is 2.26. The highest BCUT2D eigenvalue weighted by molar-refractivity contribution is 6.34. The first kappa shape index (κ1) is 14.6. The normalized spacial score (nSPS) is 10.4. The molecule has 1 aromatic heterocycles. The van der Waals surface area contributed by atoms with Gasteiger partial charge in [-0.1, -0.05) is 23.2 Å². The van der Waals surface area contributed by atoms with E-state index in [0.29, 0.717) is 23.1 Å². The van der Waals surface area contributed by atoms with Crippen LogP contribution in [0.1, 0.15) is 24.8 Å². The van der Waals surface area contributed by atoms with E-state index in [4.69, 9.17) is 34.8 Å². The number of unbranched alkanes of at least 4 members (excludes halogenated alkanes) is 1. The molecule has 0 bridgehead atoms. The number of rotatable bonds is 5. The third-order valence-corrected chi connectivity index (χ3v) is 2.93. The van der Waals surface area contributed by atoms with Gasteiger partial charge in [0.25, 0.3) is 0 Å². The monoisotopic (exact) mass is 294 g/mol. The van der Waals surface area contributed by atoms with Crippen molar-refractivity contribution in [1.82, 2.24) is 4.98 Å². The Morgan fingerprint density at radius 2 is 2.12 bits per heavy atom. The van der Waals surface area contributed by atoms with Crippen LogP contribution in [0.25, 0.3) is 0 Å². The van der Waals surface area contributed by atoms with Crippen LogP contribution in [0.5, 0.6) is 0 Å². The molecule has 0 aliphatic rings. The smallest absolute Gasteiger partial charge is 0.224 e. The molecule has 1 heterocycles. The molecule has 1 rings (SSSR count). The third kappa shape index (κ3) is 4.70. The highest BCUT2D eigenvalue weighted by atomic mass is 35.5. The maximum absolute atomic E-state index is 11.6. The Hall–Kier alpha value is -0.510. The molecule has 17 heavy (non-hydrogen) atoms. The first-order valence-corrected chi connectivity index (χ1v) is 6.52. The zero-order valence-electron chi connectivity index (χ0n) is 9.40. The molecule has 3 nitrogen and oxygen atoms in total. The SMILES string of the molecule is Cc1cc(Cl)nc(Cl)c1NC(=O)CCCCCl. The Morgan fingerprint density at radius 3 is 2.71 bits per heavy atom. The van der Waals surface area contributed by atoms with Gasteiger partial charge in [-0.25, -0.2) is 4.98 Å². The number of halogens is 3. The molecule has 0 unspecified atom stereocenters. The quantitative estimate of drug-likeness (QED) is 0.506. The number of nitrogens with one attached hydrogen (secondary N) is 1. The Morgan fingerprint density at radius 1 is 1.41 bits per heavy atom. The van der Waals surface area contributed by atoms with Gasteiger partial charge in [0.05, 0.1) is 5.69 Å². The molecular formula is C11H13Cl3N2O. The van der Waals surface area contributed by atoms with E-state index in [9.17, 15) is 4.79 Å². The van der Waals surface area contributed by atoms with E-state index >= 15 is 0 Å². The Kier molecular flexibility index (Phi) is 6.03. The van der Waals surface area contributed by atoms with Gasteiger partial charge in [-0.2, -0.15) is 0 Å². The van der Waals surface area contributed by atoms with Crippen molar-refractivity contribution >= 4 is 46.4 Å². The number of nitrogens with zero attached hydrogens (tertiary/aromatic N) is 1. The van der Waals surface area contributed by atoms with Gasteiger partial charge in [-0.15, -0.1) is 11.6 Å². The minimum absolute atomic E-state index is 0.0933. The van der Waals surface area contributed by atoms with Gasteiger partial charge in [0.15, 0.2) is 5.15 Å². The van der Waals surface area contributed by atoms with Crippen LogP contribution < -0.4 is 5.32 Å². The third-order valence-electron chi connectivity index (χ3n) is 2.19. The number of carbonyl (C=O) groups is 1. The fourth-order valence-electron chi connectivity index (χ4n) is 1.33. The summed E-state index contributed by atoms with van der Waals surface area (Å²) < 4.78 is 0. The lowest BCUT2D eigenvalue weighted by atomic mass is 10.2. The van der Waals surface area contributed by atoms with E-state index in [2.05, 4.69) is 10.3 Å². The number of anilines is 1. The zero-order valence-corrected chi connectivity index (χ0v) is 11.7. The topological polar surface area (TPSA) is 42.0 Å². The Labute approximate surface area is 115 Å². The van der Waals surface area contributed by atoms with Gasteiger partial charge in [-0.05, 0) is 31.4 Å². The second kappa shape index (κ2) is 7.04. The van der Waals surface area contributed by atoms with E-state index in [0.717, 1.165) is 18.4 Å². The summed E-state index contributed by atoms with van der Waals surface area (Å²) >= 11 is 17.2. The second-order valence-electron chi connectivity index (χ2n) is 3.62. The Bertz CT molecular complexity index is 387. The summed E-state index contributed by atoms with van der Waals surface area (Å²) in [4.78, 5) is 15.5. The summed E-state index contributed by atoms with van der Waals surface area (Å²) in [6, 6.07) is 1.65. The first-order valence-electron chi connectivity index (χ1n) is 5.23. The molecule has 0 fully saturated rings. The van der Waals surface area contributed by atoms with E-state index in [1.54, 1.807) is 6.07 Å². The number of carbonyl (C=O) groups excluding carboxylic acids is 1. The largest absolute Gasteiger partial charge is 0.323 e. The summed E-state index contributed by atoms with van der Waals surface area (Å²) in [7, 11) is 0. The van der Waals surface area contributed by atoms with Crippen molar-refractivity contribution in [2.45, 2.75) is 26.2 Å². The molecule has 0 aliphatic heterocycles. The summed E-state index contributed by atoms with van der Waals surface area (Å²) in [5.41, 5.74) is 1.31. The molecule has 1 N–H and O–H groups in total. The van der Waals surface area contributed by atoms with E-state index in [-0.39, 0.29) is 11.1 Å². The summed E-state index contributed by atoms with van der Waals surface area (Å²) in [5, 5.41) is 3.25. The molecule has 0 aromatic carbocycles. The fraction of sp³-hybridized carbons (Fsp3) is 0.455. The van der Waals surface area contributed by atoms with Crippen molar-refractivity contribution < 1.29 is 4.79 Å². The van der Waals surface area contributed by atoms with Crippen molar-refractivity contribution in [3.05, 3.63) is 21.9 Å². The minimum Gasteiger partial charge on any atom is -0.323 e. The molecule has 1 aromatic rings. The van der Waals surface area contributed by atoms with Crippen molar-refractivity contribution in [2.24, 2.45) is 0 Å². The van der Waals surface area contributed by atoms with E-state index in [1.165, 1.54) is 0 Å². The van der Waals surface area contributed by atoms with Crippen molar-refractivity contribution in [3.63, 3.8) is 0 Å². The maximum Gasteiger partial charge on any atom is 0.224 e. The first-order chi connectivity index (χ1) is 8.04. The minimum atomic E-state index is -0.0933. The van der Waals surface area contributed by atoms with Crippen LogP contribution in [0.3, 0.4) is 0 Å². The van der Waals surface area contributed by atoms with Crippen molar-refractivity contribution in [3.8, 4) is 0 Å². The lowest BCUT2D eigenvalue weighted by Gasteiger charge is -2.09. The average molecular weight is 296 g/mol. The van der Waals surface area contributed by atoms with Gasteiger partial charge < -0.3 is 5.32 Å². The van der Waals surface area contributed by atoms with Crippen LogP contribution in [0, 0.1) is 6.92 Å². The summed E-state index contributed by atoms with van der Waals surface area (Å²) in [5.74, 6) is 0.472. The van der Waals surface area contributed by atoms with Crippen LogP contribution >= 0.6 is 34.8 Å². The lowest BCUT2D eigenvalue weighted by molar-refractivity contribution is -0.116. The predicted molar refractivity (Wildman–Crippen MR) is 72.2 cm³/mol. The Balaban J connectivity index is 2.65. The second-order valence-corrected chi connectivity index (χ2v) is 4.75. The maximum atomic E-state index is 11.6. The molecule has 0 saturated heterocycles. The molecular weight excluding hydrogens is 282 g/mol. The molecule has 1 amide bonds. The van der Waals surface area contributed by atoms with Crippen LogP contribution in [0.2, 0.25) is 10.3 Å². The standard InChI is InChI=1S/C11H13Cl3N2O/c1-7-6-8(13)15-11(14)10(7)16-9(17)4-2-3-5-12/h6H,2-5H2,1H3,(H,16,17). The van der Waals surface area contributed by atoms with Crippen LogP contribution in [0.4, 0.5) is 5.69 Å². The molecule has 0 saturated carbocycles. The zero-order chi connectivity index (χ0) is 12.8. The van der Waals surface area contributed by atoms with Gasteiger partial charge in [-0.3, -0.25) is 4.79 Å². The van der Waals surface area contributed by atoms with Gasteiger partial charge in [0.1, 0.15) is 5.15 Å². The highest BCUT2D eigenvalue weighted by Gasteiger charge is 2.10. The number of aromatic nitrogens is 1. The summed E-state index contributed by atoms with van der Waals surface area (Å²) in [6.45, 7) is 1.81. The van der Waals surface area contributed by atoms with E-state index < -0.39 is 0 Å².